The summed E-state index contributed by atoms with van der Waals surface area (Å²) in [5, 5.41) is 7.75. The van der Waals surface area contributed by atoms with Crippen LogP contribution in [-0.2, 0) is 0 Å². The van der Waals surface area contributed by atoms with Gasteiger partial charge in [-0.3, -0.25) is 0 Å². The second-order valence-corrected chi connectivity index (χ2v) is 13.4. The molecule has 0 bridgehead atoms. The first-order valence-electron chi connectivity index (χ1n) is 17.3. The standard InChI is InChI=1S/C48H30N2/c1-2-10-31(11-3-1)32-20-22-33(23-21-32)34-12-8-13-37(28-34)49-44-18-6-5-15-39(44)43-29-35(25-27-46(43)49)36-24-26-40-42-17-9-16-41-38-14-4-7-19-45(38)50(48(41)42)47(40)30-36/h1-30H. The number of aromatic nitrogens is 2. The molecule has 3 aromatic heterocycles. The Bertz CT molecular complexity index is 3070. The monoisotopic (exact) mass is 634 g/mol. The zero-order chi connectivity index (χ0) is 32.8. The number of para-hydroxylation sites is 3. The van der Waals surface area contributed by atoms with Crippen LogP contribution in [0.3, 0.4) is 0 Å². The molecule has 0 aliphatic carbocycles. The number of rotatable bonds is 4. The summed E-state index contributed by atoms with van der Waals surface area (Å²) in [7, 11) is 0. The van der Waals surface area contributed by atoms with E-state index in [-0.39, 0.29) is 0 Å². The lowest BCUT2D eigenvalue weighted by molar-refractivity contribution is 1.18. The van der Waals surface area contributed by atoms with E-state index in [1.54, 1.807) is 0 Å². The summed E-state index contributed by atoms with van der Waals surface area (Å²) in [6.45, 7) is 0. The predicted octanol–water partition coefficient (Wildman–Crippen LogP) is 12.9. The lowest BCUT2D eigenvalue weighted by Gasteiger charge is -2.11. The van der Waals surface area contributed by atoms with E-state index < -0.39 is 0 Å². The van der Waals surface area contributed by atoms with Crippen molar-refractivity contribution in [1.29, 1.82) is 0 Å². The Hall–Kier alpha value is -6.64. The average Bonchev–Trinajstić information content (AvgIpc) is 3.83. The molecule has 0 aliphatic heterocycles. The van der Waals surface area contributed by atoms with Crippen LogP contribution in [-0.4, -0.2) is 8.97 Å². The molecular formula is C48H30N2. The maximum atomic E-state index is 2.46. The van der Waals surface area contributed by atoms with Crippen LogP contribution in [0.2, 0.25) is 0 Å². The summed E-state index contributed by atoms with van der Waals surface area (Å²) in [6, 6.07) is 66.6. The molecule has 3 heterocycles. The quantitative estimate of drug-likeness (QED) is 0.182. The van der Waals surface area contributed by atoms with Crippen molar-refractivity contribution in [3.8, 4) is 39.1 Å². The molecule has 8 aromatic carbocycles. The van der Waals surface area contributed by atoms with Gasteiger partial charge in [0.05, 0.1) is 27.6 Å². The minimum absolute atomic E-state index is 1.16. The van der Waals surface area contributed by atoms with Gasteiger partial charge < -0.3 is 8.97 Å². The molecule has 0 spiro atoms. The molecule has 11 aromatic rings. The van der Waals surface area contributed by atoms with Crippen molar-refractivity contribution in [1.82, 2.24) is 8.97 Å². The third-order valence-electron chi connectivity index (χ3n) is 10.7. The molecular weight excluding hydrogens is 605 g/mol. The predicted molar refractivity (Wildman–Crippen MR) is 212 cm³/mol. The van der Waals surface area contributed by atoms with Gasteiger partial charge in [-0.25, -0.2) is 0 Å². The van der Waals surface area contributed by atoms with Gasteiger partial charge in [-0.15, -0.1) is 0 Å². The van der Waals surface area contributed by atoms with Gasteiger partial charge in [0, 0.05) is 38.0 Å². The summed E-state index contributed by atoms with van der Waals surface area (Å²) in [5.41, 5.74) is 14.7. The minimum Gasteiger partial charge on any atom is -0.309 e. The highest BCUT2D eigenvalue weighted by atomic mass is 15.0. The van der Waals surface area contributed by atoms with E-state index in [4.69, 9.17) is 0 Å². The molecule has 0 amide bonds. The van der Waals surface area contributed by atoms with Crippen molar-refractivity contribution in [2.24, 2.45) is 0 Å². The van der Waals surface area contributed by atoms with Crippen LogP contribution in [0.5, 0.6) is 0 Å². The number of nitrogens with zero attached hydrogens (tertiary/aromatic N) is 2. The first-order chi connectivity index (χ1) is 24.8. The summed E-state index contributed by atoms with van der Waals surface area (Å²) in [6.07, 6.45) is 0. The summed E-state index contributed by atoms with van der Waals surface area (Å²) in [5.74, 6) is 0. The van der Waals surface area contributed by atoms with Gasteiger partial charge in [0.1, 0.15) is 0 Å². The van der Waals surface area contributed by atoms with Gasteiger partial charge in [0.15, 0.2) is 0 Å². The van der Waals surface area contributed by atoms with Crippen molar-refractivity contribution >= 4 is 59.9 Å². The Balaban J connectivity index is 1.05. The van der Waals surface area contributed by atoms with E-state index in [9.17, 15) is 0 Å². The van der Waals surface area contributed by atoms with Gasteiger partial charge in [0.2, 0.25) is 0 Å². The Morgan fingerprint density at radius 2 is 0.760 bits per heavy atom. The van der Waals surface area contributed by atoms with Crippen molar-refractivity contribution in [2.75, 3.05) is 0 Å². The van der Waals surface area contributed by atoms with Gasteiger partial charge >= 0.3 is 0 Å². The van der Waals surface area contributed by atoms with Crippen LogP contribution < -0.4 is 0 Å². The highest BCUT2D eigenvalue weighted by Crippen LogP contribution is 2.41. The third-order valence-corrected chi connectivity index (χ3v) is 10.7. The van der Waals surface area contributed by atoms with Gasteiger partial charge in [-0.05, 0) is 75.8 Å². The number of hydrogen-bond acceptors (Lipinski definition) is 0. The first kappa shape index (κ1) is 27.3. The van der Waals surface area contributed by atoms with E-state index in [1.807, 2.05) is 0 Å². The molecule has 232 valence electrons. The van der Waals surface area contributed by atoms with Crippen molar-refractivity contribution in [3.63, 3.8) is 0 Å². The second-order valence-electron chi connectivity index (χ2n) is 13.4. The first-order valence-corrected chi connectivity index (χ1v) is 17.3. The topological polar surface area (TPSA) is 9.34 Å². The zero-order valence-electron chi connectivity index (χ0n) is 27.2. The fourth-order valence-electron chi connectivity index (χ4n) is 8.35. The van der Waals surface area contributed by atoms with Crippen LogP contribution >= 0.6 is 0 Å². The average molecular weight is 635 g/mol. The molecule has 2 heteroatoms. The second kappa shape index (κ2) is 10.4. The summed E-state index contributed by atoms with van der Waals surface area (Å²) >= 11 is 0. The summed E-state index contributed by atoms with van der Waals surface area (Å²) < 4.78 is 4.88. The largest absolute Gasteiger partial charge is 0.309 e. The van der Waals surface area contributed by atoms with Crippen molar-refractivity contribution < 1.29 is 0 Å². The Morgan fingerprint density at radius 3 is 1.56 bits per heavy atom. The lowest BCUT2D eigenvalue weighted by Crippen LogP contribution is -1.94. The number of benzene rings is 8. The van der Waals surface area contributed by atoms with Crippen molar-refractivity contribution in [3.05, 3.63) is 182 Å². The molecule has 0 saturated heterocycles. The van der Waals surface area contributed by atoms with Crippen LogP contribution in [0, 0.1) is 0 Å². The lowest BCUT2D eigenvalue weighted by atomic mass is 10.00. The fourth-order valence-corrected chi connectivity index (χ4v) is 8.35. The maximum Gasteiger partial charge on any atom is 0.0620 e. The molecule has 0 aliphatic rings. The number of hydrogen-bond donors (Lipinski definition) is 0. The SMILES string of the molecule is c1ccc(-c2ccc(-c3cccc(-n4c5ccccc5c5cc(-c6ccc7c8cccc9c%10ccccc%10n(c7c6)c98)ccc54)c3)cc2)cc1. The molecule has 0 fully saturated rings. The Labute approximate surface area is 289 Å². The Kier molecular flexibility index (Phi) is 5.70. The zero-order valence-corrected chi connectivity index (χ0v) is 27.2. The van der Waals surface area contributed by atoms with E-state index in [1.165, 1.54) is 93.3 Å². The highest BCUT2D eigenvalue weighted by Gasteiger charge is 2.18. The van der Waals surface area contributed by atoms with Crippen LogP contribution in [0.25, 0.3) is 99.0 Å². The summed E-state index contributed by atoms with van der Waals surface area (Å²) in [4.78, 5) is 0. The molecule has 0 radical (unpaired) electrons. The van der Waals surface area contributed by atoms with Gasteiger partial charge in [-0.2, -0.15) is 0 Å². The highest BCUT2D eigenvalue weighted by molar-refractivity contribution is 6.23. The molecule has 0 atom stereocenters. The molecule has 11 rings (SSSR count). The van der Waals surface area contributed by atoms with Crippen LogP contribution in [0.1, 0.15) is 0 Å². The van der Waals surface area contributed by atoms with Crippen LogP contribution in [0.4, 0.5) is 0 Å². The molecule has 2 nitrogen and oxygen atoms in total. The molecule has 0 unspecified atom stereocenters. The van der Waals surface area contributed by atoms with E-state index in [0.29, 0.717) is 0 Å². The fraction of sp³-hybridized carbons (Fsp3) is 0. The van der Waals surface area contributed by atoms with Crippen LogP contribution in [0.15, 0.2) is 182 Å². The van der Waals surface area contributed by atoms with Gasteiger partial charge in [0.25, 0.3) is 0 Å². The smallest absolute Gasteiger partial charge is 0.0620 e. The molecule has 0 saturated carbocycles. The third kappa shape index (κ3) is 3.90. The minimum atomic E-state index is 1.16. The Morgan fingerprint density at radius 1 is 0.260 bits per heavy atom. The van der Waals surface area contributed by atoms with Crippen molar-refractivity contribution in [2.45, 2.75) is 0 Å². The molecule has 0 N–H and O–H groups in total. The normalized spacial score (nSPS) is 12.0. The number of fused-ring (bicyclic) bond motifs is 9. The molecule has 50 heavy (non-hydrogen) atoms. The maximum absolute atomic E-state index is 2.46. The van der Waals surface area contributed by atoms with E-state index in [2.05, 4.69) is 191 Å². The van der Waals surface area contributed by atoms with E-state index in [0.717, 1.165) is 5.69 Å². The van der Waals surface area contributed by atoms with Gasteiger partial charge in [-0.1, -0.05) is 140 Å². The van der Waals surface area contributed by atoms with E-state index >= 15 is 0 Å².